The smallest absolute Gasteiger partial charge is 0.335 e. The lowest BCUT2D eigenvalue weighted by Crippen LogP contribution is -2.35. The lowest BCUT2D eigenvalue weighted by molar-refractivity contribution is 0.0697. The predicted molar refractivity (Wildman–Crippen MR) is 103 cm³/mol. The van der Waals surface area contributed by atoms with Crippen molar-refractivity contribution in [1.82, 2.24) is 0 Å². The van der Waals surface area contributed by atoms with Crippen molar-refractivity contribution in [3.63, 3.8) is 0 Å². The highest BCUT2D eigenvalue weighted by atomic mass is 35.5. The minimum atomic E-state index is -0.894. The number of carboxylic acid groups (broad SMARTS) is 1. The zero-order valence-electron chi connectivity index (χ0n) is 14.1. The van der Waals surface area contributed by atoms with E-state index in [0.29, 0.717) is 34.3 Å². The van der Waals surface area contributed by atoms with Crippen molar-refractivity contribution in [2.45, 2.75) is 31.2 Å². The Morgan fingerprint density at radius 1 is 1.08 bits per heavy atom. The lowest BCUT2D eigenvalue weighted by atomic mass is 9.68. The van der Waals surface area contributed by atoms with E-state index < -0.39 is 5.97 Å². The second kappa shape index (κ2) is 5.90. The second-order valence-electron chi connectivity index (χ2n) is 7.83. The van der Waals surface area contributed by atoms with Crippen molar-refractivity contribution in [2.75, 3.05) is 5.32 Å². The van der Waals surface area contributed by atoms with Crippen LogP contribution >= 0.6 is 23.2 Å². The van der Waals surface area contributed by atoms with Crippen molar-refractivity contribution in [1.29, 1.82) is 0 Å². The van der Waals surface area contributed by atoms with E-state index in [-0.39, 0.29) is 6.04 Å². The molecule has 1 aliphatic heterocycles. The topological polar surface area (TPSA) is 49.3 Å². The van der Waals surface area contributed by atoms with Crippen LogP contribution in [0.4, 0.5) is 5.69 Å². The Morgan fingerprint density at radius 2 is 1.81 bits per heavy atom. The van der Waals surface area contributed by atoms with Crippen LogP contribution in [0.25, 0.3) is 0 Å². The van der Waals surface area contributed by atoms with Crippen molar-refractivity contribution in [2.24, 2.45) is 17.8 Å². The Balaban J connectivity index is 1.61. The first kappa shape index (κ1) is 16.5. The molecule has 0 amide bonds. The molecule has 5 heteroatoms. The summed E-state index contributed by atoms with van der Waals surface area (Å²) in [5, 5.41) is 14.3. The molecular weight excluding hydrogens is 369 g/mol. The first-order valence-corrected chi connectivity index (χ1v) is 9.87. The molecule has 2 aromatic carbocycles. The van der Waals surface area contributed by atoms with Crippen LogP contribution in [0.3, 0.4) is 0 Å². The van der Waals surface area contributed by atoms with Gasteiger partial charge >= 0.3 is 5.97 Å². The van der Waals surface area contributed by atoms with Gasteiger partial charge in [-0.25, -0.2) is 4.79 Å². The van der Waals surface area contributed by atoms with Gasteiger partial charge in [0.15, 0.2) is 0 Å². The molecule has 0 saturated heterocycles. The number of hydrogen-bond donors (Lipinski definition) is 2. The predicted octanol–water partition coefficient (Wildman–Crippen LogP) is 5.99. The minimum Gasteiger partial charge on any atom is -0.478 e. The maximum atomic E-state index is 11.2. The number of rotatable bonds is 2. The van der Waals surface area contributed by atoms with E-state index in [1.54, 1.807) is 12.1 Å². The van der Waals surface area contributed by atoms with Crippen LogP contribution in [0.15, 0.2) is 36.4 Å². The van der Waals surface area contributed by atoms with Gasteiger partial charge in [0.2, 0.25) is 0 Å². The first-order valence-electron chi connectivity index (χ1n) is 9.11. The van der Waals surface area contributed by atoms with Gasteiger partial charge in [0.25, 0.3) is 0 Å². The summed E-state index contributed by atoms with van der Waals surface area (Å²) >= 11 is 12.9. The highest BCUT2D eigenvalue weighted by molar-refractivity contribution is 6.35. The molecule has 1 heterocycles. The number of anilines is 1. The zero-order valence-corrected chi connectivity index (χ0v) is 15.6. The van der Waals surface area contributed by atoms with Gasteiger partial charge in [-0.05, 0) is 78.3 Å². The number of benzene rings is 2. The number of hydrogen-bond acceptors (Lipinski definition) is 2. The Bertz CT molecular complexity index is 896. The molecule has 2 aromatic rings. The summed E-state index contributed by atoms with van der Waals surface area (Å²) in [7, 11) is 0. The summed E-state index contributed by atoms with van der Waals surface area (Å²) in [6.07, 6.45) is 3.81. The minimum absolute atomic E-state index is 0.167. The monoisotopic (exact) mass is 387 g/mol. The van der Waals surface area contributed by atoms with E-state index in [1.165, 1.54) is 24.8 Å². The van der Waals surface area contributed by atoms with Gasteiger partial charge in [-0.2, -0.15) is 0 Å². The normalized spacial score (nSPS) is 31.2. The summed E-state index contributed by atoms with van der Waals surface area (Å²) in [6, 6.07) is 11.3. The summed E-state index contributed by atoms with van der Waals surface area (Å²) in [4.78, 5) is 11.2. The van der Waals surface area contributed by atoms with Crippen molar-refractivity contribution in [3.8, 4) is 0 Å². The van der Waals surface area contributed by atoms with Crippen molar-refractivity contribution < 1.29 is 9.90 Å². The zero-order chi connectivity index (χ0) is 18.0. The van der Waals surface area contributed by atoms with Crippen LogP contribution in [0.5, 0.6) is 0 Å². The molecule has 0 radical (unpaired) electrons. The van der Waals surface area contributed by atoms with Gasteiger partial charge in [0.1, 0.15) is 0 Å². The van der Waals surface area contributed by atoms with Gasteiger partial charge in [0, 0.05) is 15.7 Å². The first-order chi connectivity index (χ1) is 12.5. The molecule has 26 heavy (non-hydrogen) atoms. The van der Waals surface area contributed by atoms with E-state index in [4.69, 9.17) is 28.3 Å². The Kier molecular flexibility index (Phi) is 3.74. The lowest BCUT2D eigenvalue weighted by Gasteiger charge is -2.44. The van der Waals surface area contributed by atoms with Crippen LogP contribution in [0.2, 0.25) is 10.0 Å². The van der Waals surface area contributed by atoms with Gasteiger partial charge in [-0.15, -0.1) is 0 Å². The summed E-state index contributed by atoms with van der Waals surface area (Å²) < 4.78 is 0. The maximum absolute atomic E-state index is 11.2. The van der Waals surface area contributed by atoms with E-state index in [2.05, 4.69) is 5.32 Å². The molecule has 5 unspecified atom stereocenters. The third-order valence-corrected chi connectivity index (χ3v) is 7.15. The fourth-order valence-electron chi connectivity index (χ4n) is 5.69. The molecule has 2 saturated carbocycles. The average molecular weight is 388 g/mol. The van der Waals surface area contributed by atoms with E-state index in [0.717, 1.165) is 16.3 Å². The maximum Gasteiger partial charge on any atom is 0.335 e. The number of carboxylic acids is 1. The van der Waals surface area contributed by atoms with Gasteiger partial charge in [0.05, 0.1) is 11.6 Å². The largest absolute Gasteiger partial charge is 0.478 e. The summed E-state index contributed by atoms with van der Waals surface area (Å²) in [6.45, 7) is 0. The van der Waals surface area contributed by atoms with E-state index >= 15 is 0 Å². The number of aromatic carboxylic acids is 1. The number of fused-ring (bicyclic) bond motifs is 7. The van der Waals surface area contributed by atoms with Crippen LogP contribution < -0.4 is 5.32 Å². The van der Waals surface area contributed by atoms with E-state index in [9.17, 15) is 4.79 Å². The third-order valence-electron chi connectivity index (χ3n) is 6.62. The molecule has 2 bridgehead atoms. The molecule has 5 rings (SSSR count). The summed E-state index contributed by atoms with van der Waals surface area (Å²) in [5.41, 5.74) is 3.72. The number of nitrogens with one attached hydrogen (secondary N) is 1. The molecule has 0 aromatic heterocycles. The van der Waals surface area contributed by atoms with Crippen LogP contribution in [0, 0.1) is 17.8 Å². The van der Waals surface area contributed by atoms with Gasteiger partial charge < -0.3 is 10.4 Å². The Hall–Kier alpha value is -1.71. The average Bonchev–Trinajstić information content (AvgIpc) is 3.22. The molecule has 3 aliphatic rings. The van der Waals surface area contributed by atoms with Crippen molar-refractivity contribution >= 4 is 34.9 Å². The SMILES string of the molecule is O=C(O)c1ccc(C2Nc3cc(Cl)cc(Cl)c3C3C4CCC(C4)C23)cc1. The third kappa shape index (κ3) is 2.37. The molecule has 2 N–H and O–H groups in total. The van der Waals surface area contributed by atoms with Crippen molar-refractivity contribution in [3.05, 3.63) is 63.1 Å². The van der Waals surface area contributed by atoms with Crippen LogP contribution in [0.1, 0.15) is 52.7 Å². The summed E-state index contributed by atoms with van der Waals surface area (Å²) in [5.74, 6) is 1.44. The highest BCUT2D eigenvalue weighted by Gasteiger charge is 2.54. The van der Waals surface area contributed by atoms with Gasteiger partial charge in [-0.3, -0.25) is 0 Å². The number of halogens is 2. The molecule has 2 aliphatic carbocycles. The quantitative estimate of drug-likeness (QED) is 0.665. The van der Waals surface area contributed by atoms with E-state index in [1.807, 2.05) is 24.3 Å². The van der Waals surface area contributed by atoms with Crippen LogP contribution in [-0.4, -0.2) is 11.1 Å². The fraction of sp³-hybridized carbons (Fsp3) is 0.381. The molecule has 5 atom stereocenters. The Morgan fingerprint density at radius 3 is 2.54 bits per heavy atom. The number of carbonyl (C=O) groups is 1. The Labute approximate surface area is 162 Å². The standard InChI is InChI=1S/C21H19Cl2NO2/c22-14-8-15(23)19-16(9-14)24-20(10-1-3-11(4-2-10)21(25)26)18-13-6-5-12(7-13)17(18)19/h1-4,8-9,12-13,17-18,20,24H,5-7H2,(H,25,26). The molecule has 134 valence electrons. The highest BCUT2D eigenvalue weighted by Crippen LogP contribution is 2.64. The molecular formula is C21H19Cl2NO2. The fourth-order valence-corrected chi connectivity index (χ4v) is 6.31. The molecule has 0 spiro atoms. The van der Waals surface area contributed by atoms with Gasteiger partial charge in [-0.1, -0.05) is 35.3 Å². The van der Waals surface area contributed by atoms with Crippen LogP contribution in [-0.2, 0) is 0 Å². The molecule has 2 fully saturated rings. The molecule has 3 nitrogen and oxygen atoms in total. The second-order valence-corrected chi connectivity index (χ2v) is 8.68.